The number of piperidine rings is 1. The van der Waals surface area contributed by atoms with E-state index >= 15 is 0 Å². The van der Waals surface area contributed by atoms with Gasteiger partial charge in [0, 0.05) is 11.8 Å². The molecule has 27 heavy (non-hydrogen) atoms. The number of aromatic nitrogens is 3. The molecule has 2 aromatic rings. The quantitative estimate of drug-likeness (QED) is 0.800. The summed E-state index contributed by atoms with van der Waals surface area (Å²) < 4.78 is 5.40. The molecule has 1 aliphatic heterocycles. The van der Waals surface area contributed by atoms with Gasteiger partial charge in [-0.15, -0.1) is 0 Å². The lowest BCUT2D eigenvalue weighted by molar-refractivity contribution is -0.958. The molecule has 1 aromatic carbocycles. The Balaban J connectivity index is 1.41. The molecule has 0 bridgehead atoms. The maximum Gasteiger partial charge on any atom is 0.203 e. The van der Waals surface area contributed by atoms with Gasteiger partial charge < -0.3 is 4.90 Å². The van der Waals surface area contributed by atoms with Crippen LogP contribution in [0.5, 0.6) is 0 Å². The summed E-state index contributed by atoms with van der Waals surface area (Å²) in [6.45, 7) is 3.10. The molecule has 3 fully saturated rings. The third kappa shape index (κ3) is 3.64. The summed E-state index contributed by atoms with van der Waals surface area (Å²) in [7, 11) is 0. The van der Waals surface area contributed by atoms with Crippen LogP contribution in [0, 0.1) is 10.7 Å². The van der Waals surface area contributed by atoms with Crippen LogP contribution in [-0.4, -0.2) is 26.9 Å². The minimum Gasteiger partial charge on any atom is -0.314 e. The molecule has 2 heterocycles. The normalized spacial score (nSPS) is 28.1. The van der Waals surface area contributed by atoms with Gasteiger partial charge in [-0.25, -0.2) is 0 Å². The zero-order chi connectivity index (χ0) is 18.2. The van der Waals surface area contributed by atoms with Crippen molar-refractivity contribution < 1.29 is 4.90 Å². The third-order valence-corrected chi connectivity index (χ3v) is 7.37. The first kappa shape index (κ1) is 17.6. The van der Waals surface area contributed by atoms with Gasteiger partial charge >= 0.3 is 0 Å². The van der Waals surface area contributed by atoms with Crippen molar-refractivity contribution in [1.82, 2.24) is 14.3 Å². The van der Waals surface area contributed by atoms with Crippen LogP contribution >= 0.6 is 12.2 Å². The lowest BCUT2D eigenvalue weighted by Crippen LogP contribution is -3.17. The Kier molecular flexibility index (Phi) is 4.91. The molecule has 0 amide bonds. The molecular weight excluding hydrogens is 352 g/mol. The van der Waals surface area contributed by atoms with Crippen molar-refractivity contribution >= 4 is 12.2 Å². The van der Waals surface area contributed by atoms with Gasteiger partial charge in [0.25, 0.3) is 0 Å². The topological polar surface area (TPSA) is 27.2 Å². The Hall–Kier alpha value is -1.46. The van der Waals surface area contributed by atoms with Crippen molar-refractivity contribution in [1.29, 1.82) is 0 Å². The van der Waals surface area contributed by atoms with Crippen LogP contribution in [0.3, 0.4) is 0 Å². The number of nitrogens with zero attached hydrogens (tertiary/aromatic N) is 3. The molecule has 1 unspecified atom stereocenters. The lowest BCUT2D eigenvalue weighted by atomic mass is 9.78. The van der Waals surface area contributed by atoms with E-state index in [1.54, 1.807) is 4.90 Å². The summed E-state index contributed by atoms with van der Waals surface area (Å²) in [4.78, 5) is 1.73. The number of likely N-dealkylation sites (tertiary alicyclic amines) is 1. The molecule has 0 spiro atoms. The van der Waals surface area contributed by atoms with E-state index < -0.39 is 0 Å². The Morgan fingerprint density at radius 3 is 2.59 bits per heavy atom. The minimum absolute atomic E-state index is 0.621. The molecule has 2 aliphatic carbocycles. The van der Waals surface area contributed by atoms with Gasteiger partial charge in [0.1, 0.15) is 5.82 Å². The van der Waals surface area contributed by atoms with E-state index in [0.717, 1.165) is 29.9 Å². The average Bonchev–Trinajstić information content (AvgIpc) is 3.51. The van der Waals surface area contributed by atoms with Crippen LogP contribution in [0.1, 0.15) is 68.7 Å². The Bertz CT molecular complexity index is 834. The second-order valence-corrected chi connectivity index (χ2v) is 9.21. The van der Waals surface area contributed by atoms with Crippen molar-refractivity contribution in [2.24, 2.45) is 5.92 Å². The van der Waals surface area contributed by atoms with E-state index in [4.69, 9.17) is 17.3 Å². The van der Waals surface area contributed by atoms with E-state index in [2.05, 4.69) is 39.6 Å². The molecule has 0 radical (unpaired) electrons. The van der Waals surface area contributed by atoms with Crippen molar-refractivity contribution in [2.45, 2.75) is 76.5 Å². The smallest absolute Gasteiger partial charge is 0.203 e. The van der Waals surface area contributed by atoms with Gasteiger partial charge in [-0.3, -0.25) is 4.57 Å². The monoisotopic (exact) mass is 383 g/mol. The highest BCUT2D eigenvalue weighted by molar-refractivity contribution is 7.71. The van der Waals surface area contributed by atoms with Crippen molar-refractivity contribution in [3.8, 4) is 0 Å². The van der Waals surface area contributed by atoms with Crippen LogP contribution in [0.2, 0.25) is 0 Å². The van der Waals surface area contributed by atoms with E-state index in [1.807, 2.05) is 0 Å². The first-order valence-corrected chi connectivity index (χ1v) is 11.3. The number of fused-ring (bicyclic) bond motifs is 1. The summed E-state index contributed by atoms with van der Waals surface area (Å²) in [5.41, 5.74) is 1.31. The summed E-state index contributed by atoms with van der Waals surface area (Å²) in [6.07, 6.45) is 11.0. The highest BCUT2D eigenvalue weighted by Crippen LogP contribution is 2.39. The molecule has 144 valence electrons. The Morgan fingerprint density at radius 2 is 1.78 bits per heavy atom. The largest absolute Gasteiger partial charge is 0.314 e. The first-order valence-electron chi connectivity index (χ1n) is 10.9. The second-order valence-electron chi connectivity index (χ2n) is 8.85. The van der Waals surface area contributed by atoms with Crippen LogP contribution in [0.25, 0.3) is 0 Å². The maximum absolute atomic E-state index is 5.92. The highest BCUT2D eigenvalue weighted by atomic mass is 32.1. The molecule has 3 aliphatic rings. The van der Waals surface area contributed by atoms with Gasteiger partial charge in [0.15, 0.2) is 6.67 Å². The van der Waals surface area contributed by atoms with E-state index in [0.29, 0.717) is 5.92 Å². The number of hydrogen-bond donors (Lipinski definition) is 1. The van der Waals surface area contributed by atoms with Crippen molar-refractivity contribution in [2.75, 3.05) is 6.54 Å². The summed E-state index contributed by atoms with van der Waals surface area (Å²) in [5.74, 6) is 2.78. The Labute approximate surface area is 167 Å². The fraction of sp³-hybridized carbons (Fsp3) is 0.636. The van der Waals surface area contributed by atoms with Gasteiger partial charge in [-0.1, -0.05) is 36.8 Å². The number of hydrogen-bond acceptors (Lipinski definition) is 2. The van der Waals surface area contributed by atoms with E-state index in [1.165, 1.54) is 69.3 Å². The fourth-order valence-corrected chi connectivity index (χ4v) is 5.64. The van der Waals surface area contributed by atoms with Crippen molar-refractivity contribution in [3.63, 3.8) is 0 Å². The standard InChI is InChI=1S/C22H30N4S/c27-22-25(15-17-7-2-1-3-8-17)21(19-12-13-19)23-26(22)16-24-14-6-10-18-9-4-5-11-20(18)24/h1-3,7-8,18-20H,4-6,9-16H2/p+1/t18-,20+/m1/s1. The predicted octanol–water partition coefficient (Wildman–Crippen LogP) is 3.53. The molecule has 1 saturated heterocycles. The molecule has 3 atom stereocenters. The number of quaternary nitrogens is 1. The van der Waals surface area contributed by atoms with Crippen LogP contribution in [0.4, 0.5) is 0 Å². The van der Waals surface area contributed by atoms with Gasteiger partial charge in [0.2, 0.25) is 4.77 Å². The second kappa shape index (κ2) is 7.51. The van der Waals surface area contributed by atoms with E-state index in [-0.39, 0.29) is 0 Å². The zero-order valence-electron chi connectivity index (χ0n) is 16.1. The van der Waals surface area contributed by atoms with Crippen LogP contribution in [0.15, 0.2) is 30.3 Å². The molecule has 5 heteroatoms. The number of benzene rings is 1. The van der Waals surface area contributed by atoms with Gasteiger partial charge in [-0.05, 0) is 62.7 Å². The summed E-state index contributed by atoms with van der Waals surface area (Å²) in [6, 6.07) is 11.5. The Morgan fingerprint density at radius 1 is 1.00 bits per heavy atom. The molecule has 5 rings (SSSR count). The molecular formula is C22H31N4S+. The average molecular weight is 384 g/mol. The van der Waals surface area contributed by atoms with Gasteiger partial charge in [0.05, 0.1) is 19.1 Å². The van der Waals surface area contributed by atoms with E-state index in [9.17, 15) is 0 Å². The molecule has 2 saturated carbocycles. The fourth-order valence-electron chi connectivity index (χ4n) is 5.37. The van der Waals surface area contributed by atoms with Gasteiger partial charge in [-0.2, -0.15) is 9.78 Å². The summed E-state index contributed by atoms with van der Waals surface area (Å²) >= 11 is 5.92. The zero-order valence-corrected chi connectivity index (χ0v) is 17.0. The molecule has 4 nitrogen and oxygen atoms in total. The first-order chi connectivity index (χ1) is 13.3. The third-order valence-electron chi connectivity index (χ3n) is 6.94. The molecule has 1 aromatic heterocycles. The van der Waals surface area contributed by atoms with Crippen LogP contribution in [-0.2, 0) is 13.2 Å². The predicted molar refractivity (Wildman–Crippen MR) is 109 cm³/mol. The molecule has 1 N–H and O–H groups in total. The minimum atomic E-state index is 0.621. The maximum atomic E-state index is 5.92. The van der Waals surface area contributed by atoms with Crippen LogP contribution < -0.4 is 4.90 Å². The number of rotatable bonds is 5. The lowest BCUT2D eigenvalue weighted by Gasteiger charge is -2.40. The SMILES string of the molecule is S=c1n(C[NH+]2CCC[C@H]3CCCC[C@@H]32)nc(C2CC2)n1Cc1ccccc1. The number of nitrogens with one attached hydrogen (secondary N) is 1. The van der Waals surface area contributed by atoms with Crippen molar-refractivity contribution in [3.05, 3.63) is 46.5 Å². The highest BCUT2D eigenvalue weighted by Gasteiger charge is 2.37. The summed E-state index contributed by atoms with van der Waals surface area (Å²) in [5, 5.41) is 5.05.